The third-order valence-corrected chi connectivity index (χ3v) is 2.36. The van der Waals surface area contributed by atoms with Gasteiger partial charge in [-0.2, -0.15) is 15.0 Å². The summed E-state index contributed by atoms with van der Waals surface area (Å²) >= 11 is 0. The molecule has 0 saturated carbocycles. The van der Waals surface area contributed by atoms with Crippen LogP contribution in [0.4, 0.5) is 11.9 Å². The first kappa shape index (κ1) is 24.1. The fraction of sp³-hybridized carbons (Fsp3) is 0.526. The van der Waals surface area contributed by atoms with Gasteiger partial charge in [-0.25, -0.2) is 0 Å². The van der Waals surface area contributed by atoms with Gasteiger partial charge in [0, 0.05) is 13.1 Å². The van der Waals surface area contributed by atoms with Crippen LogP contribution in [0, 0.1) is 13.8 Å². The van der Waals surface area contributed by atoms with Gasteiger partial charge in [-0.05, 0) is 27.7 Å². The van der Waals surface area contributed by atoms with Crippen molar-refractivity contribution in [2.45, 2.75) is 55.4 Å². The molecule has 0 atom stereocenters. The van der Waals surface area contributed by atoms with Gasteiger partial charge < -0.3 is 10.6 Å². The molecule has 0 amide bonds. The first-order valence-electron chi connectivity index (χ1n) is 8.87. The number of aromatic nitrogens is 3. The lowest BCUT2D eigenvalue weighted by Crippen LogP contribution is -2.09. The molecule has 2 N–H and O–H groups in total. The minimum absolute atomic E-state index is 0.631. The van der Waals surface area contributed by atoms with E-state index in [-0.39, 0.29) is 0 Å². The largest absolute Gasteiger partial charge is 0.354 e. The third-order valence-electron chi connectivity index (χ3n) is 2.36. The van der Waals surface area contributed by atoms with E-state index < -0.39 is 0 Å². The van der Waals surface area contributed by atoms with Crippen molar-refractivity contribution >= 4 is 11.9 Å². The summed E-state index contributed by atoms with van der Waals surface area (Å²) in [6.45, 7) is 17.6. The quantitative estimate of drug-likeness (QED) is 0.816. The summed E-state index contributed by atoms with van der Waals surface area (Å²) in [4.78, 5) is 12.4. The zero-order chi connectivity index (χ0) is 18.8. The van der Waals surface area contributed by atoms with Crippen molar-refractivity contribution in [3.63, 3.8) is 0 Å². The van der Waals surface area contributed by atoms with Crippen LogP contribution in [0.2, 0.25) is 0 Å². The molecule has 0 saturated heterocycles. The van der Waals surface area contributed by atoms with Crippen LogP contribution in [0.25, 0.3) is 0 Å². The molecule has 136 valence electrons. The van der Waals surface area contributed by atoms with Gasteiger partial charge in [0.15, 0.2) is 0 Å². The van der Waals surface area contributed by atoms with Crippen LogP contribution >= 0.6 is 0 Å². The van der Waals surface area contributed by atoms with Gasteiger partial charge in [0.2, 0.25) is 11.9 Å². The van der Waals surface area contributed by atoms with E-state index in [1.165, 1.54) is 5.56 Å². The number of aryl methyl sites for hydroxylation is 2. The highest BCUT2D eigenvalue weighted by atomic mass is 15.2. The monoisotopic (exact) mass is 333 g/mol. The predicted octanol–water partition coefficient (Wildman–Crippen LogP) is 5.09. The third kappa shape index (κ3) is 12.4. The van der Waals surface area contributed by atoms with Crippen molar-refractivity contribution in [1.82, 2.24) is 15.0 Å². The van der Waals surface area contributed by atoms with E-state index in [0.717, 1.165) is 18.9 Å². The van der Waals surface area contributed by atoms with Gasteiger partial charge in [0.25, 0.3) is 0 Å². The second-order valence-electron chi connectivity index (χ2n) is 4.25. The van der Waals surface area contributed by atoms with E-state index >= 15 is 0 Å². The Morgan fingerprint density at radius 3 is 1.42 bits per heavy atom. The van der Waals surface area contributed by atoms with Crippen molar-refractivity contribution in [2.75, 3.05) is 23.7 Å². The van der Waals surface area contributed by atoms with Crippen LogP contribution in [-0.2, 0) is 0 Å². The molecule has 24 heavy (non-hydrogen) atoms. The average Bonchev–Trinajstić information content (AvgIpc) is 2.60. The first-order chi connectivity index (χ1) is 11.7. The maximum absolute atomic E-state index is 4.17. The number of anilines is 2. The van der Waals surface area contributed by atoms with Gasteiger partial charge in [-0.3, -0.25) is 0 Å². The van der Waals surface area contributed by atoms with Gasteiger partial charge >= 0.3 is 0 Å². The maximum atomic E-state index is 4.17. The van der Waals surface area contributed by atoms with Crippen LogP contribution in [0.5, 0.6) is 0 Å². The molecule has 5 heteroatoms. The molecule has 2 rings (SSSR count). The van der Waals surface area contributed by atoms with E-state index in [1.54, 1.807) is 0 Å². The summed E-state index contributed by atoms with van der Waals surface area (Å²) in [5, 5.41) is 6.09. The van der Waals surface area contributed by atoms with Crippen LogP contribution in [-0.4, -0.2) is 28.0 Å². The Balaban J connectivity index is 0. The lowest BCUT2D eigenvalue weighted by Gasteiger charge is -2.05. The summed E-state index contributed by atoms with van der Waals surface area (Å²) in [6, 6.07) is 10.3. The summed E-state index contributed by atoms with van der Waals surface area (Å²) in [5.74, 6) is 1.99. The molecule has 0 bridgehead atoms. The minimum atomic E-state index is 0.631. The van der Waals surface area contributed by atoms with E-state index in [9.17, 15) is 0 Å². The Morgan fingerprint density at radius 2 is 1.12 bits per heavy atom. The Morgan fingerprint density at radius 1 is 0.708 bits per heavy atom. The van der Waals surface area contributed by atoms with Crippen LogP contribution < -0.4 is 10.6 Å². The van der Waals surface area contributed by atoms with Crippen molar-refractivity contribution in [3.8, 4) is 0 Å². The van der Waals surface area contributed by atoms with Crippen molar-refractivity contribution in [1.29, 1.82) is 0 Å². The Kier molecular flexibility index (Phi) is 17.3. The molecule has 5 nitrogen and oxygen atoms in total. The zero-order valence-electron chi connectivity index (χ0n) is 16.6. The summed E-state index contributed by atoms with van der Waals surface area (Å²) in [7, 11) is 0. The summed E-state index contributed by atoms with van der Waals surface area (Å²) < 4.78 is 0. The fourth-order valence-electron chi connectivity index (χ4n) is 1.49. The number of nitrogens with one attached hydrogen (secondary N) is 2. The average molecular weight is 334 g/mol. The standard InChI is InChI=1S/C8H15N5.C7H8.2C2H6/c1-4-9-7-11-6(3)12-8(13-7)10-5-2;1-7-5-3-2-4-6-7;2*1-2/h4-5H2,1-3H3,(H2,9,10,11,12,13);2-6H,1H3;2*1-2H3. The van der Waals surface area contributed by atoms with Gasteiger partial charge in [0.1, 0.15) is 5.82 Å². The number of hydrogen-bond acceptors (Lipinski definition) is 5. The van der Waals surface area contributed by atoms with Gasteiger partial charge in [-0.15, -0.1) is 0 Å². The Hall–Kier alpha value is -2.17. The van der Waals surface area contributed by atoms with Crippen molar-refractivity contribution < 1.29 is 0 Å². The second-order valence-corrected chi connectivity index (χ2v) is 4.25. The molecule has 1 aromatic heterocycles. The minimum Gasteiger partial charge on any atom is -0.354 e. The van der Waals surface area contributed by atoms with Crippen LogP contribution in [0.3, 0.4) is 0 Å². The summed E-state index contributed by atoms with van der Waals surface area (Å²) in [6.07, 6.45) is 0. The van der Waals surface area contributed by atoms with E-state index in [4.69, 9.17) is 0 Å². The van der Waals surface area contributed by atoms with Crippen molar-refractivity contribution in [2.24, 2.45) is 0 Å². The molecule has 0 fully saturated rings. The molecule has 1 heterocycles. The molecule has 2 aromatic rings. The molecular formula is C19H35N5. The van der Waals surface area contributed by atoms with Gasteiger partial charge in [-0.1, -0.05) is 63.6 Å². The SMILES string of the molecule is CC.CC.CCNc1nc(C)nc(NCC)n1.Cc1ccccc1. The lowest BCUT2D eigenvalue weighted by molar-refractivity contribution is 0.951. The molecule has 0 aliphatic rings. The zero-order valence-corrected chi connectivity index (χ0v) is 16.6. The predicted molar refractivity (Wildman–Crippen MR) is 107 cm³/mol. The van der Waals surface area contributed by atoms with Crippen LogP contribution in [0.1, 0.15) is 52.9 Å². The van der Waals surface area contributed by atoms with Crippen molar-refractivity contribution in [3.05, 3.63) is 41.7 Å². The molecule has 1 aromatic carbocycles. The topological polar surface area (TPSA) is 62.7 Å². The highest BCUT2D eigenvalue weighted by molar-refractivity contribution is 5.33. The lowest BCUT2D eigenvalue weighted by atomic mass is 10.2. The smallest absolute Gasteiger partial charge is 0.227 e. The highest BCUT2D eigenvalue weighted by Gasteiger charge is 2.00. The fourth-order valence-corrected chi connectivity index (χ4v) is 1.49. The first-order valence-corrected chi connectivity index (χ1v) is 8.87. The Labute approximate surface area is 148 Å². The highest BCUT2D eigenvalue weighted by Crippen LogP contribution is 2.03. The number of benzene rings is 1. The number of rotatable bonds is 4. The van der Waals surface area contributed by atoms with E-state index in [2.05, 4.69) is 44.6 Å². The molecule has 0 aliphatic heterocycles. The normalized spacial score (nSPS) is 8.33. The maximum Gasteiger partial charge on any atom is 0.227 e. The van der Waals surface area contributed by atoms with E-state index in [1.807, 2.05) is 66.7 Å². The Bertz CT molecular complexity index is 476. The second kappa shape index (κ2) is 17.2. The molecule has 0 spiro atoms. The summed E-state index contributed by atoms with van der Waals surface area (Å²) in [5.41, 5.74) is 1.32. The molecule has 0 unspecified atom stereocenters. The number of nitrogens with zero attached hydrogens (tertiary/aromatic N) is 3. The van der Waals surface area contributed by atoms with Gasteiger partial charge in [0.05, 0.1) is 0 Å². The van der Waals surface area contributed by atoms with E-state index in [0.29, 0.717) is 11.9 Å². The number of hydrogen-bond donors (Lipinski definition) is 2. The molecule has 0 aliphatic carbocycles. The molecule has 0 radical (unpaired) electrons. The van der Waals surface area contributed by atoms with Crippen LogP contribution in [0.15, 0.2) is 30.3 Å². The molecular weight excluding hydrogens is 298 g/mol.